The van der Waals surface area contributed by atoms with E-state index in [1.54, 1.807) is 16.9 Å². The predicted molar refractivity (Wildman–Crippen MR) is 70.0 cm³/mol. The lowest BCUT2D eigenvalue weighted by Gasteiger charge is -2.03. The Labute approximate surface area is 113 Å². The summed E-state index contributed by atoms with van der Waals surface area (Å²) in [6, 6.07) is 6.09. The maximum Gasteiger partial charge on any atom is 0.163 e. The number of carbonyl (C=O) groups is 1. The number of benzene rings is 1. The van der Waals surface area contributed by atoms with Crippen LogP contribution in [0.2, 0.25) is 0 Å². The minimum Gasteiger partial charge on any atom is -0.294 e. The molecule has 0 bridgehead atoms. The molecule has 1 heterocycles. The van der Waals surface area contributed by atoms with Gasteiger partial charge in [-0.15, -0.1) is 0 Å². The molecule has 0 radical (unpaired) electrons. The fraction of sp³-hybridized carbons (Fsp3) is 0.231. The van der Waals surface area contributed by atoms with Gasteiger partial charge in [0.25, 0.3) is 0 Å². The van der Waals surface area contributed by atoms with Crippen LogP contribution in [-0.2, 0) is 13.5 Å². The lowest BCUT2D eigenvalue weighted by molar-refractivity contribution is 0.0981. The SMILES string of the molecule is Cn1nccc1CCC(=O)c1cc(F)cc(Br)c1. The Morgan fingerprint density at radius 2 is 2.22 bits per heavy atom. The van der Waals surface area contributed by atoms with Crippen molar-refractivity contribution in [3.05, 3.63) is 52.0 Å². The Balaban J connectivity index is 2.06. The summed E-state index contributed by atoms with van der Waals surface area (Å²) in [5, 5.41) is 4.03. The highest BCUT2D eigenvalue weighted by atomic mass is 79.9. The molecule has 0 fully saturated rings. The third-order valence-electron chi connectivity index (χ3n) is 2.72. The van der Waals surface area contributed by atoms with Crippen LogP contribution < -0.4 is 0 Å². The van der Waals surface area contributed by atoms with E-state index in [-0.39, 0.29) is 5.78 Å². The minimum atomic E-state index is -0.409. The molecule has 1 aromatic carbocycles. The van der Waals surface area contributed by atoms with Crippen LogP contribution in [0, 0.1) is 5.82 Å². The van der Waals surface area contributed by atoms with Crippen LogP contribution in [0.15, 0.2) is 34.9 Å². The summed E-state index contributed by atoms with van der Waals surface area (Å²) in [5.74, 6) is -0.482. The van der Waals surface area contributed by atoms with Crippen molar-refractivity contribution < 1.29 is 9.18 Å². The summed E-state index contributed by atoms with van der Waals surface area (Å²) in [4.78, 5) is 11.9. The van der Waals surface area contributed by atoms with Crippen LogP contribution in [0.25, 0.3) is 0 Å². The minimum absolute atomic E-state index is 0.0728. The molecule has 94 valence electrons. The van der Waals surface area contributed by atoms with Gasteiger partial charge in [0.2, 0.25) is 0 Å². The van der Waals surface area contributed by atoms with E-state index in [2.05, 4.69) is 21.0 Å². The molecule has 1 aromatic heterocycles. The molecule has 0 unspecified atom stereocenters. The molecule has 0 spiro atoms. The quantitative estimate of drug-likeness (QED) is 0.813. The van der Waals surface area contributed by atoms with Gasteiger partial charge in [0.15, 0.2) is 5.78 Å². The molecule has 0 aliphatic rings. The first-order valence-electron chi connectivity index (χ1n) is 5.52. The van der Waals surface area contributed by atoms with Crippen molar-refractivity contribution >= 4 is 21.7 Å². The molecule has 18 heavy (non-hydrogen) atoms. The first-order valence-corrected chi connectivity index (χ1v) is 6.32. The molecule has 0 saturated heterocycles. The van der Waals surface area contributed by atoms with Gasteiger partial charge in [-0.2, -0.15) is 5.10 Å². The van der Waals surface area contributed by atoms with Gasteiger partial charge in [0.05, 0.1) is 0 Å². The molecule has 0 aliphatic heterocycles. The molecule has 5 heteroatoms. The number of ketones is 1. The summed E-state index contributed by atoms with van der Waals surface area (Å²) in [7, 11) is 1.83. The zero-order valence-electron chi connectivity index (χ0n) is 9.86. The number of carbonyl (C=O) groups excluding carboxylic acids is 1. The zero-order valence-corrected chi connectivity index (χ0v) is 11.4. The normalized spacial score (nSPS) is 10.6. The van der Waals surface area contributed by atoms with Gasteiger partial charge in [0.1, 0.15) is 5.82 Å². The van der Waals surface area contributed by atoms with E-state index in [9.17, 15) is 9.18 Å². The van der Waals surface area contributed by atoms with Crippen molar-refractivity contribution in [2.75, 3.05) is 0 Å². The van der Waals surface area contributed by atoms with Crippen molar-refractivity contribution in [3.63, 3.8) is 0 Å². The standard InChI is InChI=1S/C13H12BrFN2O/c1-17-12(4-5-16-17)2-3-13(18)9-6-10(14)8-11(15)7-9/h4-8H,2-3H2,1H3. The molecule has 0 saturated carbocycles. The molecular weight excluding hydrogens is 299 g/mol. The molecule has 0 amide bonds. The largest absolute Gasteiger partial charge is 0.294 e. The number of aryl methyl sites for hydroxylation is 2. The van der Waals surface area contributed by atoms with E-state index in [1.807, 2.05) is 13.1 Å². The molecule has 2 aromatic rings. The van der Waals surface area contributed by atoms with Crippen LogP contribution in [0.5, 0.6) is 0 Å². The van der Waals surface area contributed by atoms with Crippen molar-refractivity contribution in [2.24, 2.45) is 7.05 Å². The maximum absolute atomic E-state index is 13.2. The highest BCUT2D eigenvalue weighted by molar-refractivity contribution is 9.10. The van der Waals surface area contributed by atoms with Gasteiger partial charge >= 0.3 is 0 Å². The van der Waals surface area contributed by atoms with Gasteiger partial charge in [-0.05, 0) is 30.7 Å². The van der Waals surface area contributed by atoms with Crippen LogP contribution in [0.1, 0.15) is 22.5 Å². The molecule has 0 atom stereocenters. The van der Waals surface area contributed by atoms with Crippen molar-refractivity contribution in [1.82, 2.24) is 9.78 Å². The number of nitrogens with zero attached hydrogens (tertiary/aromatic N) is 2. The maximum atomic E-state index is 13.2. The molecule has 0 N–H and O–H groups in total. The van der Waals surface area contributed by atoms with Crippen molar-refractivity contribution in [3.8, 4) is 0 Å². The Hall–Kier alpha value is -1.49. The molecule has 3 nitrogen and oxygen atoms in total. The third-order valence-corrected chi connectivity index (χ3v) is 3.17. The number of aromatic nitrogens is 2. The Morgan fingerprint density at radius 1 is 1.44 bits per heavy atom. The smallest absolute Gasteiger partial charge is 0.163 e. The van der Waals surface area contributed by atoms with E-state index in [0.29, 0.717) is 22.9 Å². The van der Waals surface area contributed by atoms with E-state index in [4.69, 9.17) is 0 Å². The average molecular weight is 311 g/mol. The van der Waals surface area contributed by atoms with Crippen LogP contribution in [0.3, 0.4) is 0 Å². The number of hydrogen-bond acceptors (Lipinski definition) is 2. The summed E-state index contributed by atoms with van der Waals surface area (Å²) in [6.45, 7) is 0. The number of hydrogen-bond donors (Lipinski definition) is 0. The second-order valence-electron chi connectivity index (χ2n) is 4.03. The van der Waals surface area contributed by atoms with Gasteiger partial charge in [-0.1, -0.05) is 15.9 Å². The van der Waals surface area contributed by atoms with Crippen molar-refractivity contribution in [1.29, 1.82) is 0 Å². The monoisotopic (exact) mass is 310 g/mol. The second-order valence-corrected chi connectivity index (χ2v) is 4.94. The molecule has 0 aliphatic carbocycles. The summed E-state index contributed by atoms with van der Waals surface area (Å²) < 4.78 is 15.5. The van der Waals surface area contributed by atoms with E-state index in [0.717, 1.165) is 5.69 Å². The van der Waals surface area contributed by atoms with E-state index < -0.39 is 5.82 Å². The molecular formula is C13H12BrFN2O. The third kappa shape index (κ3) is 3.04. The highest BCUT2D eigenvalue weighted by Crippen LogP contribution is 2.17. The number of Topliss-reactive ketones (excluding diaryl/α,β-unsaturated/α-hetero) is 1. The Kier molecular flexibility index (Phi) is 3.91. The Bertz CT molecular complexity index is 560. The lowest BCUT2D eigenvalue weighted by atomic mass is 10.1. The van der Waals surface area contributed by atoms with Crippen molar-refractivity contribution in [2.45, 2.75) is 12.8 Å². The van der Waals surface area contributed by atoms with Gasteiger partial charge < -0.3 is 0 Å². The van der Waals surface area contributed by atoms with E-state index >= 15 is 0 Å². The predicted octanol–water partition coefficient (Wildman–Crippen LogP) is 3.14. The van der Waals surface area contributed by atoms with E-state index in [1.165, 1.54) is 12.1 Å². The zero-order chi connectivity index (χ0) is 13.1. The van der Waals surface area contributed by atoms with Gasteiger partial charge in [-0.25, -0.2) is 4.39 Å². The van der Waals surface area contributed by atoms with Gasteiger partial charge in [-0.3, -0.25) is 9.48 Å². The topological polar surface area (TPSA) is 34.9 Å². The first kappa shape index (κ1) is 13.0. The fourth-order valence-corrected chi connectivity index (χ4v) is 2.21. The summed E-state index contributed by atoms with van der Waals surface area (Å²) in [6.07, 6.45) is 2.64. The average Bonchev–Trinajstić information content (AvgIpc) is 2.70. The first-order chi connectivity index (χ1) is 8.56. The van der Waals surface area contributed by atoms with Crippen LogP contribution in [-0.4, -0.2) is 15.6 Å². The Morgan fingerprint density at radius 3 is 2.83 bits per heavy atom. The summed E-state index contributed by atoms with van der Waals surface area (Å²) in [5.41, 5.74) is 1.38. The van der Waals surface area contributed by atoms with Crippen LogP contribution >= 0.6 is 15.9 Å². The summed E-state index contributed by atoms with van der Waals surface area (Å²) >= 11 is 3.18. The second kappa shape index (κ2) is 5.44. The number of halogens is 2. The number of rotatable bonds is 4. The fourth-order valence-electron chi connectivity index (χ4n) is 1.75. The molecule has 2 rings (SSSR count). The highest BCUT2D eigenvalue weighted by Gasteiger charge is 2.10. The van der Waals surface area contributed by atoms with Gasteiger partial charge in [0, 0.05) is 35.4 Å². The lowest BCUT2D eigenvalue weighted by Crippen LogP contribution is -2.05. The van der Waals surface area contributed by atoms with Crippen LogP contribution in [0.4, 0.5) is 4.39 Å².